The number of rotatable bonds is 3. The number of carbonyl (C=O) groups is 1. The molecule has 82 valence electrons. The van der Waals surface area contributed by atoms with Gasteiger partial charge in [-0.15, -0.1) is 0 Å². The molecule has 1 aromatic carbocycles. The van der Waals surface area contributed by atoms with Gasteiger partial charge in [0.2, 0.25) is 5.91 Å². The summed E-state index contributed by atoms with van der Waals surface area (Å²) < 4.78 is 0.930. The molecule has 15 heavy (non-hydrogen) atoms. The van der Waals surface area contributed by atoms with E-state index in [0.717, 1.165) is 10.2 Å². The highest BCUT2D eigenvalue weighted by Gasteiger charge is 2.07. The Kier molecular flexibility index (Phi) is 4.33. The summed E-state index contributed by atoms with van der Waals surface area (Å²) in [5.41, 5.74) is 2.01. The van der Waals surface area contributed by atoms with Crippen LogP contribution in [0.5, 0.6) is 0 Å². The molecular formula is C12H16BrNO. The summed E-state index contributed by atoms with van der Waals surface area (Å²) in [5, 5.41) is 2.88. The largest absolute Gasteiger partial charge is 0.325 e. The van der Waals surface area contributed by atoms with Crippen molar-refractivity contribution in [2.75, 3.05) is 5.32 Å². The van der Waals surface area contributed by atoms with Gasteiger partial charge in [-0.2, -0.15) is 0 Å². The quantitative estimate of drug-likeness (QED) is 0.890. The molecule has 0 aliphatic rings. The Morgan fingerprint density at radius 2 is 2.13 bits per heavy atom. The smallest absolute Gasteiger partial charge is 0.224 e. The van der Waals surface area contributed by atoms with Crippen LogP contribution in [-0.2, 0) is 4.79 Å². The molecule has 0 saturated carbocycles. The topological polar surface area (TPSA) is 29.1 Å². The zero-order valence-corrected chi connectivity index (χ0v) is 10.9. The molecule has 0 aliphatic carbocycles. The highest BCUT2D eigenvalue weighted by atomic mass is 79.9. The van der Waals surface area contributed by atoms with Crippen molar-refractivity contribution in [1.82, 2.24) is 0 Å². The van der Waals surface area contributed by atoms with Crippen molar-refractivity contribution >= 4 is 27.5 Å². The van der Waals surface area contributed by atoms with Crippen LogP contribution in [0.25, 0.3) is 0 Å². The molecule has 0 atom stereocenters. The van der Waals surface area contributed by atoms with Crippen molar-refractivity contribution in [3.8, 4) is 0 Å². The molecule has 1 aromatic rings. The van der Waals surface area contributed by atoms with E-state index in [-0.39, 0.29) is 5.91 Å². The van der Waals surface area contributed by atoms with E-state index in [0.29, 0.717) is 12.3 Å². The lowest BCUT2D eigenvalue weighted by molar-refractivity contribution is -0.116. The summed E-state index contributed by atoms with van der Waals surface area (Å²) in [5.74, 6) is 0.448. The first-order chi connectivity index (χ1) is 6.99. The van der Waals surface area contributed by atoms with Gasteiger partial charge in [0.05, 0.1) is 5.69 Å². The summed E-state index contributed by atoms with van der Waals surface area (Å²) >= 11 is 3.43. The van der Waals surface area contributed by atoms with Crippen molar-refractivity contribution < 1.29 is 4.79 Å². The summed E-state index contributed by atoms with van der Waals surface area (Å²) in [7, 11) is 0. The van der Waals surface area contributed by atoms with Crippen LogP contribution in [0.2, 0.25) is 0 Å². The first-order valence-corrected chi connectivity index (χ1v) is 5.84. The minimum absolute atomic E-state index is 0.0644. The first-order valence-electron chi connectivity index (χ1n) is 5.05. The van der Waals surface area contributed by atoms with Gasteiger partial charge < -0.3 is 5.32 Å². The van der Waals surface area contributed by atoms with Gasteiger partial charge >= 0.3 is 0 Å². The number of anilines is 1. The summed E-state index contributed by atoms with van der Waals surface area (Å²) in [6.07, 6.45) is 0.556. The van der Waals surface area contributed by atoms with E-state index >= 15 is 0 Å². The molecule has 2 nitrogen and oxygen atoms in total. The maximum absolute atomic E-state index is 11.5. The molecule has 0 saturated heterocycles. The number of amides is 1. The third kappa shape index (κ3) is 4.04. The zero-order chi connectivity index (χ0) is 11.4. The average Bonchev–Trinajstić information content (AvgIpc) is 2.08. The number of hydrogen-bond acceptors (Lipinski definition) is 1. The first kappa shape index (κ1) is 12.2. The van der Waals surface area contributed by atoms with Crippen molar-refractivity contribution in [3.63, 3.8) is 0 Å². The van der Waals surface area contributed by atoms with Gasteiger partial charge in [0.25, 0.3) is 0 Å². The van der Waals surface area contributed by atoms with Crippen LogP contribution < -0.4 is 5.32 Å². The molecule has 0 heterocycles. The molecule has 0 aliphatic heterocycles. The monoisotopic (exact) mass is 269 g/mol. The van der Waals surface area contributed by atoms with Gasteiger partial charge in [-0.25, -0.2) is 0 Å². The van der Waals surface area contributed by atoms with E-state index in [1.807, 2.05) is 39.0 Å². The van der Waals surface area contributed by atoms with Crippen LogP contribution in [0, 0.1) is 12.8 Å². The molecule has 1 amide bonds. The van der Waals surface area contributed by atoms with E-state index in [2.05, 4.69) is 21.2 Å². The van der Waals surface area contributed by atoms with Crippen LogP contribution in [-0.4, -0.2) is 5.91 Å². The number of carbonyl (C=O) groups excluding carboxylic acids is 1. The molecule has 0 unspecified atom stereocenters. The SMILES string of the molecule is Cc1ccc(NC(=O)CC(C)C)c(Br)c1. The molecule has 0 fully saturated rings. The van der Waals surface area contributed by atoms with Gasteiger partial charge in [-0.1, -0.05) is 19.9 Å². The molecular weight excluding hydrogens is 254 g/mol. The second-order valence-electron chi connectivity index (χ2n) is 4.13. The van der Waals surface area contributed by atoms with E-state index in [1.54, 1.807) is 0 Å². The fourth-order valence-corrected chi connectivity index (χ4v) is 1.89. The minimum Gasteiger partial charge on any atom is -0.325 e. The highest BCUT2D eigenvalue weighted by Crippen LogP contribution is 2.23. The van der Waals surface area contributed by atoms with Crippen LogP contribution in [0.4, 0.5) is 5.69 Å². The summed E-state index contributed by atoms with van der Waals surface area (Å²) in [4.78, 5) is 11.5. The summed E-state index contributed by atoms with van der Waals surface area (Å²) in [6, 6.07) is 5.89. The molecule has 0 radical (unpaired) electrons. The average molecular weight is 270 g/mol. The summed E-state index contributed by atoms with van der Waals surface area (Å²) in [6.45, 7) is 6.08. The number of halogens is 1. The molecule has 3 heteroatoms. The van der Waals surface area contributed by atoms with Crippen LogP contribution in [0.1, 0.15) is 25.8 Å². The number of hydrogen-bond donors (Lipinski definition) is 1. The maximum atomic E-state index is 11.5. The Bertz CT molecular complexity index is 361. The van der Waals surface area contributed by atoms with Crippen LogP contribution in [0.15, 0.2) is 22.7 Å². The van der Waals surface area contributed by atoms with Gasteiger partial charge in [0.1, 0.15) is 0 Å². The van der Waals surface area contributed by atoms with Crippen LogP contribution >= 0.6 is 15.9 Å². The predicted molar refractivity (Wildman–Crippen MR) is 67.0 cm³/mol. The molecule has 0 bridgehead atoms. The van der Waals surface area contributed by atoms with Crippen molar-refractivity contribution in [2.24, 2.45) is 5.92 Å². The second kappa shape index (κ2) is 5.31. The Labute approximate surface area is 99.2 Å². The minimum atomic E-state index is 0.0644. The molecule has 0 aromatic heterocycles. The number of nitrogens with one attached hydrogen (secondary N) is 1. The van der Waals surface area contributed by atoms with E-state index in [4.69, 9.17) is 0 Å². The Balaban J connectivity index is 2.68. The Morgan fingerprint density at radius 1 is 1.47 bits per heavy atom. The number of aryl methyl sites for hydroxylation is 1. The third-order valence-corrected chi connectivity index (χ3v) is 2.65. The van der Waals surface area contributed by atoms with E-state index < -0.39 is 0 Å². The van der Waals surface area contributed by atoms with E-state index in [1.165, 1.54) is 5.56 Å². The zero-order valence-electron chi connectivity index (χ0n) is 9.30. The maximum Gasteiger partial charge on any atom is 0.224 e. The fourth-order valence-electron chi connectivity index (χ4n) is 1.29. The van der Waals surface area contributed by atoms with Gasteiger partial charge in [-0.05, 0) is 46.5 Å². The van der Waals surface area contributed by atoms with Crippen LogP contribution in [0.3, 0.4) is 0 Å². The van der Waals surface area contributed by atoms with Crippen molar-refractivity contribution in [2.45, 2.75) is 27.2 Å². The predicted octanol–water partition coefficient (Wildman–Crippen LogP) is 3.74. The second-order valence-corrected chi connectivity index (χ2v) is 4.98. The number of benzene rings is 1. The van der Waals surface area contributed by atoms with E-state index in [9.17, 15) is 4.79 Å². The highest BCUT2D eigenvalue weighted by molar-refractivity contribution is 9.10. The van der Waals surface area contributed by atoms with Gasteiger partial charge in [0.15, 0.2) is 0 Å². The normalized spacial score (nSPS) is 10.5. The Morgan fingerprint density at radius 3 is 2.67 bits per heavy atom. The third-order valence-electron chi connectivity index (χ3n) is 1.99. The molecule has 1 rings (SSSR count). The van der Waals surface area contributed by atoms with Crippen molar-refractivity contribution in [3.05, 3.63) is 28.2 Å². The molecule has 0 spiro atoms. The standard InChI is InChI=1S/C12H16BrNO/c1-8(2)6-12(15)14-11-5-4-9(3)7-10(11)13/h4-5,7-8H,6H2,1-3H3,(H,14,15). The van der Waals surface area contributed by atoms with Gasteiger partial charge in [0, 0.05) is 10.9 Å². The lowest BCUT2D eigenvalue weighted by Gasteiger charge is -2.09. The van der Waals surface area contributed by atoms with Gasteiger partial charge in [-0.3, -0.25) is 4.79 Å². The Hall–Kier alpha value is -0.830. The lowest BCUT2D eigenvalue weighted by Crippen LogP contribution is -2.14. The lowest BCUT2D eigenvalue weighted by atomic mass is 10.1. The molecule has 1 N–H and O–H groups in total. The fraction of sp³-hybridized carbons (Fsp3) is 0.417. The van der Waals surface area contributed by atoms with Crippen molar-refractivity contribution in [1.29, 1.82) is 0 Å².